The third-order valence-electron chi connectivity index (χ3n) is 3.06. The number of nitrogens with one attached hydrogen (secondary N) is 1. The van der Waals surface area contributed by atoms with Gasteiger partial charge in [0.1, 0.15) is 6.54 Å². The molecule has 3 N–H and O–H groups in total. The van der Waals surface area contributed by atoms with Gasteiger partial charge >= 0.3 is 6.03 Å². The summed E-state index contributed by atoms with van der Waals surface area (Å²) in [6.45, 7) is 1.54. The van der Waals surface area contributed by atoms with E-state index in [1.54, 1.807) is 0 Å². The van der Waals surface area contributed by atoms with Gasteiger partial charge in [-0.05, 0) is 17.7 Å². The molecule has 0 bridgehead atoms. The van der Waals surface area contributed by atoms with Gasteiger partial charge in [-0.1, -0.05) is 6.07 Å². The first kappa shape index (κ1) is 15.0. The van der Waals surface area contributed by atoms with Crippen LogP contribution >= 0.6 is 0 Å². The van der Waals surface area contributed by atoms with Gasteiger partial charge in [0.15, 0.2) is 11.5 Å². The number of nitrogens with zero attached hydrogens (tertiary/aromatic N) is 1. The Morgan fingerprint density at radius 1 is 1.29 bits per heavy atom. The molecule has 0 saturated carbocycles. The molecule has 7 heteroatoms. The minimum atomic E-state index is -0.638. The Bertz CT molecular complexity index is 533. The molecule has 0 aromatic heterocycles. The fourth-order valence-corrected chi connectivity index (χ4v) is 1.87. The van der Waals surface area contributed by atoms with Crippen molar-refractivity contribution < 1.29 is 19.1 Å². The van der Waals surface area contributed by atoms with Gasteiger partial charge in [-0.3, -0.25) is 4.79 Å². The van der Waals surface area contributed by atoms with E-state index in [4.69, 9.17) is 15.2 Å². The molecule has 0 spiro atoms. The Hall–Kier alpha value is -2.44. The number of likely N-dealkylation sites (N-methyl/N-ethyl adjacent to an activating group) is 1. The molecular weight excluding hydrogens is 274 g/mol. The lowest BCUT2D eigenvalue weighted by molar-refractivity contribution is -0.121. The molecule has 1 aliphatic heterocycles. The van der Waals surface area contributed by atoms with Gasteiger partial charge in [-0.15, -0.1) is 0 Å². The average molecular weight is 293 g/mol. The van der Waals surface area contributed by atoms with E-state index < -0.39 is 6.03 Å². The molecule has 0 fully saturated rings. The summed E-state index contributed by atoms with van der Waals surface area (Å²) >= 11 is 0. The number of urea groups is 1. The summed E-state index contributed by atoms with van der Waals surface area (Å²) in [5, 5.41) is 2.72. The molecule has 1 aromatic rings. The summed E-state index contributed by atoms with van der Waals surface area (Å²) in [6, 6.07) is 4.91. The van der Waals surface area contributed by atoms with Crippen molar-refractivity contribution in [3.05, 3.63) is 23.8 Å². The van der Waals surface area contributed by atoms with Gasteiger partial charge in [0.25, 0.3) is 0 Å². The van der Waals surface area contributed by atoms with E-state index in [1.807, 2.05) is 18.2 Å². The number of fused-ring (bicyclic) bond motifs is 1. The van der Waals surface area contributed by atoms with Gasteiger partial charge in [0.2, 0.25) is 5.91 Å². The predicted octanol–water partition coefficient (Wildman–Crippen LogP) is 0.475. The molecule has 3 amide bonds. The number of rotatable bonds is 4. The number of nitrogens with two attached hydrogens (primary N) is 1. The zero-order valence-electron chi connectivity index (χ0n) is 11.9. The minimum Gasteiger partial charge on any atom is -0.490 e. The van der Waals surface area contributed by atoms with Gasteiger partial charge in [-0.2, -0.15) is 0 Å². The maximum Gasteiger partial charge on any atom is 0.314 e. The van der Waals surface area contributed by atoms with Crippen molar-refractivity contribution in [1.29, 1.82) is 0 Å². The molecule has 0 saturated heterocycles. The highest BCUT2D eigenvalue weighted by Crippen LogP contribution is 2.30. The Kier molecular flexibility index (Phi) is 4.86. The Balaban J connectivity index is 1.90. The van der Waals surface area contributed by atoms with Crippen LogP contribution in [0.25, 0.3) is 0 Å². The van der Waals surface area contributed by atoms with Gasteiger partial charge in [0, 0.05) is 20.0 Å². The number of amides is 3. The maximum absolute atomic E-state index is 11.7. The second-order valence-corrected chi connectivity index (χ2v) is 4.80. The van der Waals surface area contributed by atoms with Crippen molar-refractivity contribution in [3.63, 3.8) is 0 Å². The van der Waals surface area contributed by atoms with Crippen LogP contribution in [-0.4, -0.2) is 43.6 Å². The first-order chi connectivity index (χ1) is 10.1. The topological polar surface area (TPSA) is 93.9 Å². The van der Waals surface area contributed by atoms with Gasteiger partial charge in [0.05, 0.1) is 13.2 Å². The summed E-state index contributed by atoms with van der Waals surface area (Å²) in [4.78, 5) is 23.6. The number of hydrogen-bond donors (Lipinski definition) is 2. The van der Waals surface area contributed by atoms with Gasteiger partial charge in [-0.25, -0.2) is 4.79 Å². The Labute approximate surface area is 123 Å². The molecule has 7 nitrogen and oxygen atoms in total. The lowest BCUT2D eigenvalue weighted by Gasteiger charge is -2.14. The van der Waals surface area contributed by atoms with Crippen LogP contribution < -0.4 is 20.5 Å². The van der Waals surface area contributed by atoms with Crippen LogP contribution in [-0.2, 0) is 11.3 Å². The fraction of sp³-hybridized carbons (Fsp3) is 0.429. The van der Waals surface area contributed by atoms with Crippen molar-refractivity contribution in [2.24, 2.45) is 5.73 Å². The number of hydrogen-bond acceptors (Lipinski definition) is 4. The quantitative estimate of drug-likeness (QED) is 0.844. The number of ether oxygens (including phenoxy) is 2. The van der Waals surface area contributed by atoms with Crippen LogP contribution in [0.2, 0.25) is 0 Å². The zero-order chi connectivity index (χ0) is 15.2. The third-order valence-corrected chi connectivity index (χ3v) is 3.06. The molecule has 0 unspecified atom stereocenters. The number of benzene rings is 1. The molecule has 21 heavy (non-hydrogen) atoms. The Morgan fingerprint density at radius 3 is 2.71 bits per heavy atom. The summed E-state index contributed by atoms with van der Waals surface area (Å²) < 4.78 is 11.1. The van der Waals surface area contributed by atoms with Crippen molar-refractivity contribution in [1.82, 2.24) is 10.2 Å². The number of primary amides is 1. The highest BCUT2D eigenvalue weighted by Gasteiger charge is 2.12. The molecule has 1 heterocycles. The molecule has 0 atom stereocenters. The molecular formula is C14H19N3O4. The number of carbonyl (C=O) groups excluding carboxylic acids is 2. The number of carbonyl (C=O) groups is 2. The molecule has 0 aliphatic carbocycles. The highest BCUT2D eigenvalue weighted by atomic mass is 16.5. The summed E-state index contributed by atoms with van der Waals surface area (Å²) in [5.41, 5.74) is 5.96. The van der Waals surface area contributed by atoms with Crippen molar-refractivity contribution in [2.75, 3.05) is 26.8 Å². The van der Waals surface area contributed by atoms with Crippen LogP contribution in [0.4, 0.5) is 4.79 Å². The molecule has 1 aromatic carbocycles. The second kappa shape index (κ2) is 6.83. The van der Waals surface area contributed by atoms with Crippen molar-refractivity contribution in [3.8, 4) is 11.5 Å². The smallest absolute Gasteiger partial charge is 0.314 e. The van der Waals surface area contributed by atoms with Crippen LogP contribution in [0.3, 0.4) is 0 Å². The lowest BCUT2D eigenvalue weighted by atomic mass is 10.2. The van der Waals surface area contributed by atoms with E-state index >= 15 is 0 Å². The largest absolute Gasteiger partial charge is 0.490 e. The third kappa shape index (κ3) is 4.27. The molecule has 1 aliphatic rings. The van der Waals surface area contributed by atoms with Crippen molar-refractivity contribution >= 4 is 11.9 Å². The first-order valence-electron chi connectivity index (χ1n) is 6.72. The van der Waals surface area contributed by atoms with Gasteiger partial charge < -0.3 is 25.4 Å². The van der Waals surface area contributed by atoms with Crippen molar-refractivity contribution in [2.45, 2.75) is 13.0 Å². The zero-order valence-corrected chi connectivity index (χ0v) is 11.9. The predicted molar refractivity (Wildman–Crippen MR) is 76.1 cm³/mol. The van der Waals surface area contributed by atoms with E-state index in [1.165, 1.54) is 7.05 Å². The monoisotopic (exact) mass is 293 g/mol. The average Bonchev–Trinajstić information content (AvgIpc) is 2.69. The second-order valence-electron chi connectivity index (χ2n) is 4.80. The van der Waals surface area contributed by atoms with Crippen LogP contribution in [0.5, 0.6) is 11.5 Å². The lowest BCUT2D eigenvalue weighted by Crippen LogP contribution is -2.40. The van der Waals surface area contributed by atoms with E-state index in [9.17, 15) is 9.59 Å². The normalized spacial score (nSPS) is 13.2. The van der Waals surface area contributed by atoms with Crippen LogP contribution in [0.1, 0.15) is 12.0 Å². The molecule has 114 valence electrons. The highest BCUT2D eigenvalue weighted by molar-refractivity contribution is 5.83. The maximum atomic E-state index is 11.7. The first-order valence-corrected chi connectivity index (χ1v) is 6.72. The SMILES string of the molecule is CN(CC(=O)NCc1ccc2c(c1)OCCCO2)C(N)=O. The molecule has 0 radical (unpaired) electrons. The fourth-order valence-electron chi connectivity index (χ4n) is 1.87. The van der Waals surface area contributed by atoms with E-state index in [0.29, 0.717) is 25.5 Å². The van der Waals surface area contributed by atoms with Crippen LogP contribution in [0.15, 0.2) is 18.2 Å². The van der Waals surface area contributed by atoms with E-state index in [2.05, 4.69) is 5.32 Å². The summed E-state index contributed by atoms with van der Waals surface area (Å²) in [6.07, 6.45) is 0.847. The standard InChI is InChI=1S/C14H19N3O4/c1-17(14(15)19)9-13(18)16-8-10-3-4-11-12(7-10)21-6-2-5-20-11/h3-4,7H,2,5-6,8-9H2,1H3,(H2,15,19)(H,16,18). The summed E-state index contributed by atoms with van der Waals surface area (Å²) in [5.74, 6) is 1.13. The Morgan fingerprint density at radius 2 is 2.00 bits per heavy atom. The molecule has 2 rings (SSSR count). The summed E-state index contributed by atoms with van der Waals surface area (Å²) in [7, 11) is 1.47. The van der Waals surface area contributed by atoms with E-state index in [-0.39, 0.29) is 12.5 Å². The van der Waals surface area contributed by atoms with E-state index in [0.717, 1.165) is 22.6 Å². The minimum absolute atomic E-state index is 0.0696. The van der Waals surface area contributed by atoms with Crippen LogP contribution in [0, 0.1) is 0 Å².